The number of hydrogen-bond donors (Lipinski definition) is 1. The Morgan fingerprint density at radius 3 is 2.66 bits per heavy atom. The number of carbonyl (C=O) groups excluding carboxylic acids is 2. The van der Waals surface area contributed by atoms with E-state index in [-0.39, 0.29) is 35.4 Å². The van der Waals surface area contributed by atoms with E-state index in [0.717, 1.165) is 56.6 Å². The molecule has 2 aliphatic heterocycles. The molecular formula is C40H53N3O6S. The maximum Gasteiger partial charge on any atom is 0.286 e. The van der Waals surface area contributed by atoms with Crippen molar-refractivity contribution in [2.45, 2.75) is 95.0 Å². The first kappa shape index (κ1) is 35.2. The summed E-state index contributed by atoms with van der Waals surface area (Å²) in [5.74, 6) is 0.148. The number of aryl methyl sites for hydroxylation is 2. The Morgan fingerprint density at radius 1 is 1.10 bits per heavy atom. The van der Waals surface area contributed by atoms with E-state index in [9.17, 15) is 13.8 Å². The van der Waals surface area contributed by atoms with Crippen LogP contribution < -0.4 is 14.4 Å². The number of methoxy groups -OCH3 is 2. The van der Waals surface area contributed by atoms with Gasteiger partial charge in [-0.15, -0.1) is 4.36 Å². The van der Waals surface area contributed by atoms with Crippen LogP contribution in [-0.2, 0) is 36.0 Å². The van der Waals surface area contributed by atoms with Gasteiger partial charge in [0, 0.05) is 44.2 Å². The van der Waals surface area contributed by atoms with Crippen molar-refractivity contribution in [2.75, 3.05) is 38.8 Å². The van der Waals surface area contributed by atoms with Crippen LogP contribution in [0.25, 0.3) is 0 Å². The molecule has 1 unspecified atom stereocenters. The summed E-state index contributed by atoms with van der Waals surface area (Å²) in [6, 6.07) is 12.3. The standard InChI is InChI=1S/C40H53N3O6S/c1-25-11-15-34-28(18-25)9-7-17-40(34)23-43-22-30-12-14-33(30)36(48-5)10-6-8-26(2)27(3)50(46,42-39(45)31-19-32(20-31)47-4)41-38(44)29-13-16-37(49-24-40)35(43)21-29/h6,10-11,13,15-16,18,21,26-27,30-33,36H,7-9,12,14,17,19-20,22-24H2,1-5H3,(H,41,42,44,45,46)/b10-6+/t26-,27+,30-,31?,32?,33+,36-,40-,50?/m0/s1. The monoisotopic (exact) mass is 703 g/mol. The number of amides is 2. The van der Waals surface area contributed by atoms with Crippen LogP contribution >= 0.6 is 0 Å². The number of allylic oxidation sites excluding steroid dienone is 1. The number of nitrogens with zero attached hydrogens (tertiary/aromatic N) is 2. The number of hydrogen-bond acceptors (Lipinski definition) is 7. The molecule has 2 heterocycles. The molecule has 1 spiro atoms. The van der Waals surface area contributed by atoms with Crippen LogP contribution in [0, 0.1) is 30.6 Å². The molecular weight excluding hydrogens is 651 g/mol. The van der Waals surface area contributed by atoms with Crippen LogP contribution in [0.2, 0.25) is 0 Å². The Morgan fingerprint density at radius 2 is 1.92 bits per heavy atom. The molecule has 2 amide bonds. The fraction of sp³-hybridized carbons (Fsp3) is 0.600. The van der Waals surface area contributed by atoms with Crippen LogP contribution in [-0.4, -0.2) is 67.4 Å². The van der Waals surface area contributed by atoms with Crippen LogP contribution in [0.4, 0.5) is 5.69 Å². The van der Waals surface area contributed by atoms with E-state index < -0.39 is 21.1 Å². The second-order valence-corrected chi connectivity index (χ2v) is 17.9. The molecule has 2 fully saturated rings. The molecule has 0 aromatic heterocycles. The minimum absolute atomic E-state index is 0.0134. The molecule has 10 heteroatoms. The summed E-state index contributed by atoms with van der Waals surface area (Å²) >= 11 is 0. The third kappa shape index (κ3) is 6.63. The lowest BCUT2D eigenvalue weighted by atomic mass is 9.68. The van der Waals surface area contributed by atoms with Crippen LogP contribution in [0.1, 0.15) is 85.8 Å². The van der Waals surface area contributed by atoms with Gasteiger partial charge in [-0.1, -0.05) is 42.8 Å². The average molecular weight is 704 g/mol. The summed E-state index contributed by atoms with van der Waals surface area (Å²) in [6.07, 6.45) is 11.4. The van der Waals surface area contributed by atoms with Gasteiger partial charge in [0.25, 0.3) is 5.91 Å². The van der Waals surface area contributed by atoms with E-state index in [2.05, 4.69) is 51.3 Å². The van der Waals surface area contributed by atoms with Crippen molar-refractivity contribution in [1.82, 2.24) is 4.72 Å². The Labute approximate surface area is 297 Å². The number of anilines is 1. The molecule has 2 aromatic rings. The molecule has 1 N–H and O–H groups in total. The number of carbonyl (C=O) groups is 2. The van der Waals surface area contributed by atoms with Crippen molar-refractivity contribution < 1.29 is 28.0 Å². The topological polar surface area (TPSA) is 107 Å². The summed E-state index contributed by atoms with van der Waals surface area (Å²) in [6.45, 7) is 8.12. The van der Waals surface area contributed by atoms with E-state index in [4.69, 9.17) is 14.2 Å². The summed E-state index contributed by atoms with van der Waals surface area (Å²) in [5, 5.41) is -0.584. The molecule has 2 aromatic carbocycles. The summed E-state index contributed by atoms with van der Waals surface area (Å²) in [5.41, 5.74) is 5.05. The third-order valence-corrected chi connectivity index (χ3v) is 14.9. The highest BCUT2D eigenvalue weighted by atomic mass is 32.2. The number of fused-ring (bicyclic) bond motifs is 4. The van der Waals surface area contributed by atoms with Gasteiger partial charge in [-0.3, -0.25) is 14.3 Å². The number of benzene rings is 2. The first-order valence-electron chi connectivity index (χ1n) is 18.5. The van der Waals surface area contributed by atoms with E-state index in [1.807, 2.05) is 26.0 Å². The van der Waals surface area contributed by atoms with Crippen molar-refractivity contribution in [3.63, 3.8) is 0 Å². The first-order valence-corrected chi connectivity index (χ1v) is 20.1. The van der Waals surface area contributed by atoms with Gasteiger partial charge in [0.15, 0.2) is 0 Å². The minimum atomic E-state index is -3.49. The number of ether oxygens (including phenoxy) is 3. The summed E-state index contributed by atoms with van der Waals surface area (Å²) in [7, 11) is -0.0743. The second-order valence-electron chi connectivity index (χ2n) is 15.7. The Bertz CT molecular complexity index is 1780. The fourth-order valence-electron chi connectivity index (χ4n) is 8.85. The number of nitrogens with one attached hydrogen (secondary N) is 1. The van der Waals surface area contributed by atoms with Crippen LogP contribution in [0.3, 0.4) is 0 Å². The summed E-state index contributed by atoms with van der Waals surface area (Å²) < 4.78 is 40.1. The van der Waals surface area contributed by atoms with Gasteiger partial charge in [-0.2, -0.15) is 0 Å². The molecule has 2 saturated carbocycles. The molecule has 0 saturated heterocycles. The van der Waals surface area contributed by atoms with Gasteiger partial charge in [0.05, 0.1) is 29.8 Å². The predicted molar refractivity (Wildman–Crippen MR) is 196 cm³/mol. The fourth-order valence-corrected chi connectivity index (χ4v) is 10.8. The maximum atomic E-state index is 14.8. The van der Waals surface area contributed by atoms with Crippen molar-refractivity contribution in [3.05, 3.63) is 70.8 Å². The molecule has 50 heavy (non-hydrogen) atoms. The zero-order valence-corrected chi connectivity index (χ0v) is 31.0. The molecule has 0 radical (unpaired) electrons. The molecule has 9 nitrogen and oxygen atoms in total. The van der Waals surface area contributed by atoms with Crippen molar-refractivity contribution in [3.8, 4) is 5.75 Å². The van der Waals surface area contributed by atoms with E-state index in [1.165, 1.54) is 16.7 Å². The normalized spacial score (nSPS) is 36.0. The molecule has 7 rings (SSSR count). The second kappa shape index (κ2) is 14.1. The lowest BCUT2D eigenvalue weighted by Gasteiger charge is -2.46. The van der Waals surface area contributed by atoms with Gasteiger partial charge < -0.3 is 19.1 Å². The summed E-state index contributed by atoms with van der Waals surface area (Å²) in [4.78, 5) is 29.9. The maximum absolute atomic E-state index is 14.8. The Hall–Kier alpha value is -3.21. The lowest BCUT2D eigenvalue weighted by molar-refractivity contribution is -0.130. The largest absolute Gasteiger partial charge is 0.490 e. The van der Waals surface area contributed by atoms with Crippen molar-refractivity contribution >= 4 is 27.4 Å². The van der Waals surface area contributed by atoms with E-state index in [0.29, 0.717) is 43.3 Å². The highest BCUT2D eigenvalue weighted by Gasteiger charge is 2.45. The van der Waals surface area contributed by atoms with Gasteiger partial charge in [-0.05, 0) is 112 Å². The zero-order valence-electron chi connectivity index (χ0n) is 30.2. The molecule has 3 aliphatic carbocycles. The first-order chi connectivity index (χ1) is 24.0. The Kier molecular flexibility index (Phi) is 9.91. The van der Waals surface area contributed by atoms with Crippen LogP contribution in [0.5, 0.6) is 5.75 Å². The number of rotatable bonds is 4. The lowest BCUT2D eigenvalue weighted by Crippen LogP contribution is -2.49. The van der Waals surface area contributed by atoms with Crippen molar-refractivity contribution in [1.29, 1.82) is 0 Å². The van der Waals surface area contributed by atoms with Gasteiger partial charge in [-0.25, -0.2) is 4.21 Å². The molecule has 5 aliphatic rings. The molecule has 270 valence electrons. The van der Waals surface area contributed by atoms with Gasteiger partial charge in [0.2, 0.25) is 5.91 Å². The molecule has 7 atom stereocenters. The van der Waals surface area contributed by atoms with Crippen LogP contribution in [0.15, 0.2) is 52.9 Å². The van der Waals surface area contributed by atoms with Crippen molar-refractivity contribution in [2.24, 2.45) is 28.0 Å². The zero-order chi connectivity index (χ0) is 35.2. The smallest absolute Gasteiger partial charge is 0.286 e. The molecule has 2 bridgehead atoms. The van der Waals surface area contributed by atoms with E-state index >= 15 is 0 Å². The highest BCUT2D eigenvalue weighted by molar-refractivity contribution is 7.93. The minimum Gasteiger partial charge on any atom is -0.490 e. The average Bonchev–Trinajstić information content (AvgIpc) is 3.21. The van der Waals surface area contributed by atoms with Gasteiger partial charge in [0.1, 0.15) is 15.7 Å². The quantitative estimate of drug-likeness (QED) is 0.360. The highest BCUT2D eigenvalue weighted by Crippen LogP contribution is 2.47. The third-order valence-electron chi connectivity index (χ3n) is 12.5. The van der Waals surface area contributed by atoms with Gasteiger partial charge >= 0.3 is 0 Å². The predicted octanol–water partition coefficient (Wildman–Crippen LogP) is 6.56. The SMILES string of the molecule is COC1CC(C(=O)NS2(=O)=NC(=O)c3ccc4c(c3)N(C[C@@H]3CC[C@H]3[C@@H](OC)/C=C/C[C@H](C)[C@H]2C)C[C@@]2(CCCc3cc(C)ccc32)CO4)C1. The Balaban J connectivity index is 1.30. The van der Waals surface area contributed by atoms with E-state index in [1.54, 1.807) is 20.3 Å².